The third-order valence-electron chi connectivity index (χ3n) is 4.37. The molecule has 2 aromatic carbocycles. The van der Waals surface area contributed by atoms with Crippen molar-refractivity contribution in [2.24, 2.45) is 5.10 Å². The zero-order valence-electron chi connectivity index (χ0n) is 14.9. The van der Waals surface area contributed by atoms with Gasteiger partial charge in [-0.2, -0.15) is 13.5 Å². The lowest BCUT2D eigenvalue weighted by Gasteiger charge is -2.36. The van der Waals surface area contributed by atoms with Gasteiger partial charge in [-0.15, -0.1) is 4.41 Å². The Morgan fingerprint density at radius 3 is 2.18 bits per heavy atom. The summed E-state index contributed by atoms with van der Waals surface area (Å²) in [6.07, 6.45) is -0.305. The first-order chi connectivity index (χ1) is 13.0. The fourth-order valence-electron chi connectivity index (χ4n) is 2.74. The van der Waals surface area contributed by atoms with E-state index in [-0.39, 0.29) is 17.0 Å². The minimum absolute atomic E-state index is 0.0782. The van der Waals surface area contributed by atoms with Gasteiger partial charge in [0.1, 0.15) is 5.75 Å². The molecule has 0 bridgehead atoms. The molecule has 0 amide bonds. The summed E-state index contributed by atoms with van der Waals surface area (Å²) in [6, 6.07) is 12.8. The Morgan fingerprint density at radius 2 is 1.68 bits per heavy atom. The van der Waals surface area contributed by atoms with E-state index < -0.39 is 19.5 Å². The molecule has 1 unspecified atom stereocenters. The van der Waals surface area contributed by atoms with Crippen LogP contribution < -0.4 is 4.74 Å². The van der Waals surface area contributed by atoms with Crippen molar-refractivity contribution < 1.29 is 18.3 Å². The first kappa shape index (κ1) is 21.2. The molecule has 6 nitrogen and oxygen atoms in total. The SMILES string of the molecule is COc1ccc(C2=NN(S(=O)(=O)c3ccc(C)cc3)C(O)(C(Cl)(Cl)Cl)C2)cc1. The highest BCUT2D eigenvalue weighted by Crippen LogP contribution is 2.48. The largest absolute Gasteiger partial charge is 0.497 e. The second-order valence-corrected chi connectivity index (χ2v) is 10.4. The molecule has 0 saturated carbocycles. The van der Waals surface area contributed by atoms with Gasteiger partial charge in [-0.3, -0.25) is 0 Å². The molecule has 0 radical (unpaired) electrons. The lowest BCUT2D eigenvalue weighted by atomic mass is 10.0. The summed E-state index contributed by atoms with van der Waals surface area (Å²) < 4.78 is 29.5. The average Bonchev–Trinajstić information content (AvgIpc) is 3.02. The lowest BCUT2D eigenvalue weighted by Crippen LogP contribution is -2.55. The van der Waals surface area contributed by atoms with Gasteiger partial charge >= 0.3 is 0 Å². The van der Waals surface area contributed by atoms with E-state index in [4.69, 9.17) is 39.5 Å². The van der Waals surface area contributed by atoms with Crippen LogP contribution in [0.4, 0.5) is 0 Å². The first-order valence-electron chi connectivity index (χ1n) is 8.12. The minimum atomic E-state index is -4.28. The average molecular weight is 464 g/mol. The van der Waals surface area contributed by atoms with Crippen molar-refractivity contribution in [3.8, 4) is 5.75 Å². The van der Waals surface area contributed by atoms with Crippen LogP contribution in [-0.4, -0.2) is 40.3 Å². The van der Waals surface area contributed by atoms with Gasteiger partial charge in [-0.05, 0) is 48.9 Å². The van der Waals surface area contributed by atoms with Gasteiger partial charge in [0.25, 0.3) is 10.0 Å². The van der Waals surface area contributed by atoms with Crippen LogP contribution in [0, 0.1) is 6.92 Å². The predicted molar refractivity (Wildman–Crippen MR) is 110 cm³/mol. The molecule has 1 atom stereocenters. The number of hydrazone groups is 1. The number of alkyl halides is 3. The Bertz CT molecular complexity index is 1000. The van der Waals surface area contributed by atoms with E-state index in [1.54, 1.807) is 36.4 Å². The van der Waals surface area contributed by atoms with Crippen molar-refractivity contribution >= 4 is 50.5 Å². The summed E-state index contributed by atoms with van der Waals surface area (Å²) in [4.78, 5) is -0.0782. The molecule has 2 aromatic rings. The number of rotatable bonds is 4. The fraction of sp³-hybridized carbons (Fsp3) is 0.278. The van der Waals surface area contributed by atoms with Crippen molar-refractivity contribution in [3.05, 3.63) is 59.7 Å². The molecule has 28 heavy (non-hydrogen) atoms. The maximum atomic E-state index is 13.1. The van der Waals surface area contributed by atoms with Gasteiger partial charge in [0, 0.05) is 6.42 Å². The number of benzene rings is 2. The molecule has 3 rings (SSSR count). The fourth-order valence-corrected chi connectivity index (χ4v) is 4.82. The van der Waals surface area contributed by atoms with Crippen molar-refractivity contribution in [1.82, 2.24) is 4.41 Å². The van der Waals surface area contributed by atoms with Crippen LogP contribution >= 0.6 is 34.8 Å². The normalized spacial score (nSPS) is 20.2. The van der Waals surface area contributed by atoms with Crippen LogP contribution in [0.2, 0.25) is 0 Å². The van der Waals surface area contributed by atoms with Crippen molar-refractivity contribution in [3.63, 3.8) is 0 Å². The van der Waals surface area contributed by atoms with Crippen LogP contribution in [0.5, 0.6) is 5.75 Å². The van der Waals surface area contributed by atoms with E-state index in [9.17, 15) is 13.5 Å². The van der Waals surface area contributed by atoms with E-state index in [1.807, 2.05) is 6.92 Å². The molecular formula is C18H17Cl3N2O4S. The van der Waals surface area contributed by atoms with Crippen LogP contribution in [0.15, 0.2) is 58.5 Å². The molecule has 0 aliphatic carbocycles. The van der Waals surface area contributed by atoms with E-state index in [0.717, 1.165) is 5.56 Å². The highest BCUT2D eigenvalue weighted by Gasteiger charge is 2.60. The van der Waals surface area contributed by atoms with Gasteiger partial charge in [-0.25, -0.2) is 0 Å². The summed E-state index contributed by atoms with van der Waals surface area (Å²) in [5.74, 6) is 0.614. The lowest BCUT2D eigenvalue weighted by molar-refractivity contribution is -0.0382. The molecule has 0 aromatic heterocycles. The van der Waals surface area contributed by atoms with Gasteiger partial charge in [0.15, 0.2) is 0 Å². The van der Waals surface area contributed by atoms with Gasteiger partial charge < -0.3 is 9.84 Å². The van der Waals surface area contributed by atoms with Gasteiger partial charge in [-0.1, -0.05) is 52.5 Å². The Hall–Kier alpha value is -1.51. The smallest absolute Gasteiger partial charge is 0.281 e. The van der Waals surface area contributed by atoms with Crippen LogP contribution in [0.3, 0.4) is 0 Å². The molecule has 1 heterocycles. The molecule has 150 valence electrons. The summed E-state index contributed by atoms with van der Waals surface area (Å²) in [6.45, 7) is 1.82. The third kappa shape index (κ3) is 3.69. The van der Waals surface area contributed by atoms with Crippen molar-refractivity contribution in [2.75, 3.05) is 7.11 Å². The Labute approximate surface area is 178 Å². The Kier molecular flexibility index (Phi) is 5.59. The number of aliphatic hydroxyl groups is 1. The van der Waals surface area contributed by atoms with Crippen molar-refractivity contribution in [1.29, 1.82) is 0 Å². The number of ether oxygens (including phenoxy) is 1. The second kappa shape index (κ2) is 7.39. The number of methoxy groups -OCH3 is 1. The molecular weight excluding hydrogens is 447 g/mol. The minimum Gasteiger partial charge on any atom is -0.497 e. The zero-order chi connectivity index (χ0) is 20.7. The number of aryl methyl sites for hydroxylation is 1. The monoisotopic (exact) mass is 462 g/mol. The van der Waals surface area contributed by atoms with E-state index in [1.165, 1.54) is 19.2 Å². The summed E-state index contributed by atoms with van der Waals surface area (Å²) in [5.41, 5.74) is -0.696. The molecule has 10 heteroatoms. The van der Waals surface area contributed by atoms with Gasteiger partial charge in [0.2, 0.25) is 9.52 Å². The van der Waals surface area contributed by atoms with Crippen LogP contribution in [0.1, 0.15) is 17.5 Å². The number of sulfonamides is 1. The Morgan fingerprint density at radius 1 is 1.11 bits per heavy atom. The topological polar surface area (TPSA) is 79.2 Å². The molecule has 0 saturated heterocycles. The summed E-state index contributed by atoms with van der Waals surface area (Å²) in [5, 5.41) is 15.2. The highest BCUT2D eigenvalue weighted by molar-refractivity contribution is 7.89. The molecule has 1 aliphatic heterocycles. The molecule has 1 N–H and O–H groups in total. The van der Waals surface area contributed by atoms with E-state index in [2.05, 4.69) is 5.10 Å². The highest BCUT2D eigenvalue weighted by atomic mass is 35.6. The maximum absolute atomic E-state index is 13.1. The zero-order valence-corrected chi connectivity index (χ0v) is 18.0. The number of halogens is 3. The van der Waals surface area contributed by atoms with Crippen LogP contribution in [-0.2, 0) is 10.0 Å². The van der Waals surface area contributed by atoms with E-state index in [0.29, 0.717) is 15.7 Å². The predicted octanol–water partition coefficient (Wildman–Crippen LogP) is 3.86. The van der Waals surface area contributed by atoms with Crippen molar-refractivity contribution in [2.45, 2.75) is 27.8 Å². The van der Waals surface area contributed by atoms with Gasteiger partial charge in [0.05, 0.1) is 17.7 Å². The van der Waals surface area contributed by atoms with Crippen LogP contribution in [0.25, 0.3) is 0 Å². The number of hydrogen-bond donors (Lipinski definition) is 1. The third-order valence-corrected chi connectivity index (χ3v) is 6.98. The summed E-state index contributed by atoms with van der Waals surface area (Å²) in [7, 11) is -2.75. The standard InChI is InChI=1S/C18H17Cl3N2O4S/c1-12-3-9-15(10-4-12)28(25,26)23-17(24,18(19,20)21)11-16(22-23)13-5-7-14(27-2)8-6-13/h3-10,24H,11H2,1-2H3. The number of nitrogens with zero attached hydrogens (tertiary/aromatic N) is 2. The molecule has 0 fully saturated rings. The van der Waals surface area contributed by atoms with E-state index >= 15 is 0 Å². The Balaban J connectivity index is 2.10. The quantitative estimate of drug-likeness (QED) is 0.698. The second-order valence-electron chi connectivity index (χ2n) is 6.33. The maximum Gasteiger partial charge on any atom is 0.281 e. The molecule has 1 aliphatic rings. The molecule has 0 spiro atoms. The first-order valence-corrected chi connectivity index (χ1v) is 10.7. The number of hydrogen-bond acceptors (Lipinski definition) is 5. The summed E-state index contributed by atoms with van der Waals surface area (Å²) >= 11 is 17.9.